The van der Waals surface area contributed by atoms with Crippen molar-refractivity contribution in [3.05, 3.63) is 12.2 Å². The maximum atomic E-state index is 10.6. The summed E-state index contributed by atoms with van der Waals surface area (Å²) in [5, 5.41) is 19.2. The molecular weight excluding hydrogens is 316 g/mol. The van der Waals surface area contributed by atoms with E-state index in [1.165, 1.54) is 12.8 Å². The van der Waals surface area contributed by atoms with Crippen molar-refractivity contribution in [2.24, 2.45) is 17.3 Å². The monoisotopic (exact) mass is 354 g/mol. The average Bonchev–Trinajstić information content (AvgIpc) is 3.01. The molecule has 0 radical (unpaired) electrons. The maximum Gasteiger partial charge on any atom is 0.303 e. The Hall–Kier alpha value is -0.870. The third kappa shape index (κ3) is 8.87. The van der Waals surface area contributed by atoms with Gasteiger partial charge in [-0.05, 0) is 55.8 Å². The number of allylic oxidation sites excluding steroid dienone is 2. The van der Waals surface area contributed by atoms with Crippen molar-refractivity contribution in [2.45, 2.75) is 84.7 Å². The maximum absolute atomic E-state index is 10.6. The summed E-state index contributed by atoms with van der Waals surface area (Å²) >= 11 is 0. The van der Waals surface area contributed by atoms with E-state index in [4.69, 9.17) is 9.84 Å². The van der Waals surface area contributed by atoms with Crippen LogP contribution in [0.3, 0.4) is 0 Å². The van der Waals surface area contributed by atoms with Crippen LogP contribution in [0, 0.1) is 17.3 Å². The van der Waals surface area contributed by atoms with Crippen LogP contribution in [-0.2, 0) is 9.53 Å². The molecule has 25 heavy (non-hydrogen) atoms. The van der Waals surface area contributed by atoms with E-state index in [2.05, 4.69) is 32.9 Å². The van der Waals surface area contributed by atoms with Crippen LogP contribution >= 0.6 is 0 Å². The van der Waals surface area contributed by atoms with E-state index in [1.807, 2.05) is 0 Å². The number of hydrogen-bond donors (Lipinski definition) is 2. The van der Waals surface area contributed by atoms with Crippen LogP contribution < -0.4 is 0 Å². The molecule has 1 unspecified atom stereocenters. The molecule has 3 atom stereocenters. The van der Waals surface area contributed by atoms with Gasteiger partial charge in [0.05, 0.1) is 12.7 Å². The lowest BCUT2D eigenvalue weighted by Gasteiger charge is -2.31. The highest BCUT2D eigenvalue weighted by Gasteiger charge is 2.31. The van der Waals surface area contributed by atoms with Gasteiger partial charge in [-0.2, -0.15) is 0 Å². The molecular formula is C21H38O4. The van der Waals surface area contributed by atoms with Gasteiger partial charge >= 0.3 is 5.97 Å². The lowest BCUT2D eigenvalue weighted by Crippen LogP contribution is -2.30. The molecule has 146 valence electrons. The SMILES string of the molecule is CCCCC(C)(C)C(O)CC[C@@H]1COC[C@@H]1C/C=C\CCCC(=O)O. The minimum Gasteiger partial charge on any atom is -0.481 e. The highest BCUT2D eigenvalue weighted by molar-refractivity contribution is 5.66. The summed E-state index contributed by atoms with van der Waals surface area (Å²) in [6.45, 7) is 8.16. The molecule has 0 aromatic rings. The topological polar surface area (TPSA) is 66.8 Å². The molecule has 1 saturated heterocycles. The van der Waals surface area contributed by atoms with Crippen LogP contribution in [0.25, 0.3) is 0 Å². The summed E-state index contributed by atoms with van der Waals surface area (Å²) in [6.07, 6.45) is 12.1. The molecule has 0 amide bonds. The largest absolute Gasteiger partial charge is 0.481 e. The summed E-state index contributed by atoms with van der Waals surface area (Å²) in [5.41, 5.74) is -0.00495. The number of rotatable bonds is 13. The Morgan fingerprint density at radius 1 is 1.24 bits per heavy atom. The number of aliphatic carboxylic acids is 1. The fourth-order valence-corrected chi connectivity index (χ4v) is 3.54. The summed E-state index contributed by atoms with van der Waals surface area (Å²) in [7, 11) is 0. The van der Waals surface area contributed by atoms with Crippen LogP contribution in [0.1, 0.15) is 78.6 Å². The van der Waals surface area contributed by atoms with Gasteiger partial charge in [0.1, 0.15) is 0 Å². The molecule has 0 aromatic carbocycles. The van der Waals surface area contributed by atoms with E-state index in [0.717, 1.165) is 45.3 Å². The fraction of sp³-hybridized carbons (Fsp3) is 0.857. The minimum absolute atomic E-state index is 0.00495. The van der Waals surface area contributed by atoms with Crippen LogP contribution in [0.4, 0.5) is 0 Å². The third-order valence-electron chi connectivity index (χ3n) is 5.59. The summed E-state index contributed by atoms with van der Waals surface area (Å²) in [6, 6.07) is 0. The van der Waals surface area contributed by atoms with Crippen molar-refractivity contribution in [2.75, 3.05) is 13.2 Å². The van der Waals surface area contributed by atoms with Gasteiger partial charge in [0.2, 0.25) is 0 Å². The van der Waals surface area contributed by atoms with Gasteiger partial charge in [0.25, 0.3) is 0 Å². The second-order valence-corrected chi connectivity index (χ2v) is 8.24. The molecule has 0 aliphatic carbocycles. The summed E-state index contributed by atoms with van der Waals surface area (Å²) < 4.78 is 5.67. The van der Waals surface area contributed by atoms with E-state index in [0.29, 0.717) is 18.3 Å². The van der Waals surface area contributed by atoms with E-state index in [-0.39, 0.29) is 17.9 Å². The van der Waals surface area contributed by atoms with Crippen LogP contribution in [0.5, 0.6) is 0 Å². The molecule has 4 heteroatoms. The molecule has 1 fully saturated rings. The first-order chi connectivity index (χ1) is 11.9. The van der Waals surface area contributed by atoms with E-state index in [1.54, 1.807) is 0 Å². The Kier molecular flexibility index (Phi) is 10.4. The Balaban J connectivity index is 2.30. The lowest BCUT2D eigenvalue weighted by atomic mass is 9.78. The number of hydrogen-bond acceptors (Lipinski definition) is 3. The molecule has 1 aliphatic heterocycles. The predicted octanol–water partition coefficient (Wildman–Crippen LogP) is 4.81. The smallest absolute Gasteiger partial charge is 0.303 e. The highest BCUT2D eigenvalue weighted by atomic mass is 16.5. The van der Waals surface area contributed by atoms with Crippen molar-refractivity contribution in [1.29, 1.82) is 0 Å². The molecule has 2 N–H and O–H groups in total. The van der Waals surface area contributed by atoms with Gasteiger partial charge in [-0.15, -0.1) is 0 Å². The Morgan fingerprint density at radius 3 is 2.64 bits per heavy atom. The van der Waals surface area contributed by atoms with Crippen molar-refractivity contribution < 1.29 is 19.7 Å². The number of unbranched alkanes of at least 4 members (excludes halogenated alkanes) is 2. The third-order valence-corrected chi connectivity index (χ3v) is 5.59. The molecule has 1 aliphatic rings. The van der Waals surface area contributed by atoms with Gasteiger partial charge in [0.15, 0.2) is 0 Å². The molecule has 0 bridgehead atoms. The normalized spacial score (nSPS) is 22.6. The standard InChI is InChI=1S/C21H38O4/c1-4-5-14-21(2,3)19(22)13-12-18-16-25-15-17(18)10-8-6-7-9-11-20(23)24/h6,8,17-19,22H,4-5,7,9-16H2,1-3H3,(H,23,24)/b8-6-/t17-,18+,19?/m0/s1. The average molecular weight is 355 g/mol. The van der Waals surface area contributed by atoms with E-state index >= 15 is 0 Å². The van der Waals surface area contributed by atoms with Gasteiger partial charge in [-0.1, -0.05) is 45.8 Å². The molecule has 0 aromatic heterocycles. The number of carboxylic acid groups (broad SMARTS) is 1. The first kappa shape index (κ1) is 22.2. The zero-order chi connectivity index (χ0) is 18.7. The number of aliphatic hydroxyl groups is 1. The van der Waals surface area contributed by atoms with E-state index < -0.39 is 5.97 Å². The van der Waals surface area contributed by atoms with Crippen molar-refractivity contribution >= 4 is 5.97 Å². The number of carbonyl (C=O) groups is 1. The second-order valence-electron chi connectivity index (χ2n) is 8.24. The van der Waals surface area contributed by atoms with Gasteiger partial charge in [-0.3, -0.25) is 4.79 Å². The highest BCUT2D eigenvalue weighted by Crippen LogP contribution is 2.34. The van der Waals surface area contributed by atoms with E-state index in [9.17, 15) is 9.90 Å². The quantitative estimate of drug-likeness (QED) is 0.368. The second kappa shape index (κ2) is 11.7. The molecule has 0 saturated carbocycles. The van der Waals surface area contributed by atoms with Crippen molar-refractivity contribution in [1.82, 2.24) is 0 Å². The van der Waals surface area contributed by atoms with Crippen molar-refractivity contribution in [3.63, 3.8) is 0 Å². The van der Waals surface area contributed by atoms with Crippen LogP contribution in [0.15, 0.2) is 12.2 Å². The molecule has 0 spiro atoms. The predicted molar refractivity (Wildman–Crippen MR) is 102 cm³/mol. The van der Waals surface area contributed by atoms with Gasteiger partial charge in [0, 0.05) is 13.0 Å². The summed E-state index contributed by atoms with van der Waals surface area (Å²) in [4.78, 5) is 10.5. The fourth-order valence-electron chi connectivity index (χ4n) is 3.54. The zero-order valence-electron chi connectivity index (χ0n) is 16.4. The zero-order valence-corrected chi connectivity index (χ0v) is 16.4. The number of carboxylic acids is 1. The lowest BCUT2D eigenvalue weighted by molar-refractivity contribution is -0.137. The van der Waals surface area contributed by atoms with Gasteiger partial charge < -0.3 is 14.9 Å². The van der Waals surface area contributed by atoms with Crippen molar-refractivity contribution in [3.8, 4) is 0 Å². The Bertz CT molecular complexity index is 403. The number of aliphatic hydroxyl groups excluding tert-OH is 1. The Labute approximate surface area is 153 Å². The summed E-state index contributed by atoms with van der Waals surface area (Å²) in [5.74, 6) is 0.333. The first-order valence-electron chi connectivity index (χ1n) is 9.99. The molecule has 4 nitrogen and oxygen atoms in total. The van der Waals surface area contributed by atoms with Crippen LogP contribution in [0.2, 0.25) is 0 Å². The molecule has 1 heterocycles. The Morgan fingerprint density at radius 2 is 1.96 bits per heavy atom. The minimum atomic E-state index is -0.724. The number of ether oxygens (including phenoxy) is 1. The molecule has 1 rings (SSSR count). The van der Waals surface area contributed by atoms with Gasteiger partial charge in [-0.25, -0.2) is 0 Å². The van der Waals surface area contributed by atoms with Crippen LogP contribution in [-0.4, -0.2) is 35.5 Å². The first-order valence-corrected chi connectivity index (χ1v) is 9.99.